The molecule has 2 heterocycles. The zero-order valence-electron chi connectivity index (χ0n) is 11.2. The molecule has 1 N–H and O–H groups in total. The summed E-state index contributed by atoms with van der Waals surface area (Å²) in [6.45, 7) is 3.97. The standard InChI is InChI=1S/C13H18Cl2N4O/c14-11-9-10(12(15)18-17-11)13(20)16-5-4-8-19-6-2-1-3-7-19/h9H,1-8H2,(H,16,20). The van der Waals surface area contributed by atoms with Gasteiger partial charge in [-0.2, -0.15) is 0 Å². The predicted molar refractivity (Wildman–Crippen MR) is 79.3 cm³/mol. The lowest BCUT2D eigenvalue weighted by Crippen LogP contribution is -2.33. The Morgan fingerprint density at radius 3 is 2.75 bits per heavy atom. The van der Waals surface area contributed by atoms with E-state index in [4.69, 9.17) is 23.2 Å². The maximum Gasteiger partial charge on any atom is 0.254 e. The fourth-order valence-corrected chi connectivity index (χ4v) is 2.62. The van der Waals surface area contributed by atoms with Gasteiger partial charge in [0.1, 0.15) is 0 Å². The topological polar surface area (TPSA) is 58.1 Å². The van der Waals surface area contributed by atoms with Gasteiger partial charge in [0.25, 0.3) is 5.91 Å². The zero-order valence-corrected chi connectivity index (χ0v) is 12.8. The number of nitrogens with zero attached hydrogens (tertiary/aromatic N) is 3. The summed E-state index contributed by atoms with van der Waals surface area (Å²) in [6, 6.07) is 1.43. The van der Waals surface area contributed by atoms with Crippen molar-refractivity contribution < 1.29 is 4.79 Å². The number of halogens is 2. The average Bonchev–Trinajstić information content (AvgIpc) is 2.47. The summed E-state index contributed by atoms with van der Waals surface area (Å²) in [6.07, 6.45) is 4.82. The summed E-state index contributed by atoms with van der Waals surface area (Å²) in [5, 5.41) is 10.3. The van der Waals surface area contributed by atoms with Crippen molar-refractivity contribution in [1.82, 2.24) is 20.4 Å². The molecule has 5 nitrogen and oxygen atoms in total. The van der Waals surface area contributed by atoms with Gasteiger partial charge in [-0.1, -0.05) is 29.6 Å². The van der Waals surface area contributed by atoms with Crippen LogP contribution in [0.4, 0.5) is 0 Å². The fourth-order valence-electron chi connectivity index (χ4n) is 2.30. The number of aromatic nitrogens is 2. The highest BCUT2D eigenvalue weighted by Crippen LogP contribution is 2.15. The van der Waals surface area contributed by atoms with Crippen LogP contribution in [0.1, 0.15) is 36.0 Å². The molecule has 0 atom stereocenters. The van der Waals surface area contributed by atoms with Crippen molar-refractivity contribution in [2.75, 3.05) is 26.2 Å². The van der Waals surface area contributed by atoms with Crippen molar-refractivity contribution in [3.63, 3.8) is 0 Å². The van der Waals surface area contributed by atoms with Crippen LogP contribution < -0.4 is 5.32 Å². The molecule has 1 aromatic heterocycles. The van der Waals surface area contributed by atoms with Crippen molar-refractivity contribution in [2.24, 2.45) is 0 Å². The number of amides is 1. The second-order valence-electron chi connectivity index (χ2n) is 4.88. The van der Waals surface area contributed by atoms with Crippen LogP contribution in [0, 0.1) is 0 Å². The van der Waals surface area contributed by atoms with Gasteiger partial charge in [-0.25, -0.2) is 0 Å². The van der Waals surface area contributed by atoms with E-state index in [-0.39, 0.29) is 21.8 Å². The van der Waals surface area contributed by atoms with Gasteiger partial charge in [-0.3, -0.25) is 4.79 Å². The minimum atomic E-state index is -0.259. The summed E-state index contributed by atoms with van der Waals surface area (Å²) in [5.41, 5.74) is 0.268. The van der Waals surface area contributed by atoms with Crippen molar-refractivity contribution in [3.05, 3.63) is 21.9 Å². The van der Waals surface area contributed by atoms with Crippen LogP contribution in [0.25, 0.3) is 0 Å². The molecule has 1 aromatic rings. The van der Waals surface area contributed by atoms with E-state index in [0.29, 0.717) is 6.54 Å². The average molecular weight is 317 g/mol. The lowest BCUT2D eigenvalue weighted by molar-refractivity contribution is 0.0950. The maximum atomic E-state index is 11.9. The van der Waals surface area contributed by atoms with Crippen molar-refractivity contribution in [3.8, 4) is 0 Å². The highest BCUT2D eigenvalue weighted by molar-refractivity contribution is 6.34. The first kappa shape index (κ1) is 15.5. The number of nitrogens with one attached hydrogen (secondary N) is 1. The fraction of sp³-hybridized carbons (Fsp3) is 0.615. The molecule has 0 aliphatic carbocycles. The van der Waals surface area contributed by atoms with Gasteiger partial charge in [0.15, 0.2) is 10.3 Å². The smallest absolute Gasteiger partial charge is 0.254 e. The second-order valence-corrected chi connectivity index (χ2v) is 5.63. The molecule has 1 aliphatic rings. The van der Waals surface area contributed by atoms with Crippen molar-refractivity contribution in [1.29, 1.82) is 0 Å². The monoisotopic (exact) mass is 316 g/mol. The van der Waals surface area contributed by atoms with Crippen LogP contribution in [0.2, 0.25) is 10.3 Å². The quantitative estimate of drug-likeness (QED) is 0.847. The minimum absolute atomic E-state index is 0.0722. The molecule has 0 saturated carbocycles. The van der Waals surface area contributed by atoms with E-state index in [2.05, 4.69) is 20.4 Å². The summed E-state index contributed by atoms with van der Waals surface area (Å²) in [7, 11) is 0. The number of hydrogen-bond acceptors (Lipinski definition) is 4. The van der Waals surface area contributed by atoms with E-state index in [1.54, 1.807) is 0 Å². The van der Waals surface area contributed by atoms with Crippen LogP contribution in [-0.4, -0.2) is 47.2 Å². The molecule has 0 unspecified atom stereocenters. The molecular weight excluding hydrogens is 299 g/mol. The molecule has 1 aliphatic heterocycles. The number of piperidine rings is 1. The molecule has 1 fully saturated rings. The SMILES string of the molecule is O=C(NCCCN1CCCCC1)c1cc(Cl)nnc1Cl. The molecule has 2 rings (SSSR count). The lowest BCUT2D eigenvalue weighted by Gasteiger charge is -2.26. The molecular formula is C13H18Cl2N4O. The van der Waals surface area contributed by atoms with Crippen LogP contribution >= 0.6 is 23.2 Å². The Labute approximate surface area is 128 Å². The first-order valence-corrected chi connectivity index (χ1v) is 7.61. The Morgan fingerprint density at radius 1 is 1.25 bits per heavy atom. The number of rotatable bonds is 5. The van der Waals surface area contributed by atoms with Gasteiger partial charge >= 0.3 is 0 Å². The van der Waals surface area contributed by atoms with Gasteiger partial charge in [0.05, 0.1) is 5.56 Å². The highest BCUT2D eigenvalue weighted by atomic mass is 35.5. The van der Waals surface area contributed by atoms with E-state index in [0.717, 1.165) is 13.0 Å². The van der Waals surface area contributed by atoms with Crippen LogP contribution in [-0.2, 0) is 0 Å². The third-order valence-corrected chi connectivity index (χ3v) is 3.81. The molecule has 0 radical (unpaired) electrons. The van der Waals surface area contributed by atoms with Crippen molar-refractivity contribution in [2.45, 2.75) is 25.7 Å². The Bertz CT molecular complexity index is 464. The normalized spacial score (nSPS) is 16.1. The Hall–Kier alpha value is -0.910. The Morgan fingerprint density at radius 2 is 2.00 bits per heavy atom. The van der Waals surface area contributed by atoms with Gasteiger partial charge < -0.3 is 10.2 Å². The molecule has 1 saturated heterocycles. The second kappa shape index (κ2) is 7.76. The zero-order chi connectivity index (χ0) is 14.4. The van der Waals surface area contributed by atoms with Gasteiger partial charge in [-0.15, -0.1) is 10.2 Å². The van der Waals surface area contributed by atoms with Gasteiger partial charge in [-0.05, 0) is 45.0 Å². The Balaban J connectivity index is 1.73. The molecule has 0 spiro atoms. The number of carbonyl (C=O) groups is 1. The van der Waals surface area contributed by atoms with E-state index in [1.807, 2.05) is 0 Å². The molecule has 0 aromatic carbocycles. The first-order chi connectivity index (χ1) is 9.66. The molecule has 20 heavy (non-hydrogen) atoms. The van der Waals surface area contributed by atoms with E-state index < -0.39 is 0 Å². The van der Waals surface area contributed by atoms with Crippen LogP contribution in [0.3, 0.4) is 0 Å². The van der Waals surface area contributed by atoms with Gasteiger partial charge in [0, 0.05) is 6.54 Å². The van der Waals surface area contributed by atoms with E-state index in [9.17, 15) is 4.79 Å². The van der Waals surface area contributed by atoms with Crippen molar-refractivity contribution >= 4 is 29.1 Å². The summed E-state index contributed by atoms with van der Waals surface area (Å²) < 4.78 is 0. The first-order valence-electron chi connectivity index (χ1n) is 6.86. The van der Waals surface area contributed by atoms with E-state index in [1.165, 1.54) is 38.4 Å². The molecule has 110 valence electrons. The highest BCUT2D eigenvalue weighted by Gasteiger charge is 2.13. The number of carbonyl (C=O) groups excluding carboxylic acids is 1. The molecule has 7 heteroatoms. The summed E-state index contributed by atoms with van der Waals surface area (Å²) in [4.78, 5) is 14.4. The number of likely N-dealkylation sites (tertiary alicyclic amines) is 1. The maximum absolute atomic E-state index is 11.9. The van der Waals surface area contributed by atoms with Crippen LogP contribution in [0.15, 0.2) is 6.07 Å². The summed E-state index contributed by atoms with van der Waals surface area (Å²) in [5.74, 6) is -0.259. The number of hydrogen-bond donors (Lipinski definition) is 1. The molecule has 1 amide bonds. The third kappa shape index (κ3) is 4.58. The third-order valence-electron chi connectivity index (χ3n) is 3.35. The predicted octanol–water partition coefficient (Wildman–Crippen LogP) is 2.39. The largest absolute Gasteiger partial charge is 0.352 e. The lowest BCUT2D eigenvalue weighted by atomic mass is 10.1. The summed E-state index contributed by atoms with van der Waals surface area (Å²) >= 11 is 11.5. The van der Waals surface area contributed by atoms with Gasteiger partial charge in [0.2, 0.25) is 0 Å². The van der Waals surface area contributed by atoms with E-state index >= 15 is 0 Å². The minimum Gasteiger partial charge on any atom is -0.352 e. The molecule has 0 bridgehead atoms. The van der Waals surface area contributed by atoms with Crippen LogP contribution in [0.5, 0.6) is 0 Å². The Kier molecular flexibility index (Phi) is 6.01.